The van der Waals surface area contributed by atoms with Crippen LogP contribution in [-0.2, 0) is 0 Å². The van der Waals surface area contributed by atoms with Crippen molar-refractivity contribution in [1.29, 1.82) is 0 Å². The van der Waals surface area contributed by atoms with Crippen LogP contribution in [0, 0.1) is 28.6 Å². The summed E-state index contributed by atoms with van der Waals surface area (Å²) in [6.07, 6.45) is 10.9. The molecule has 5 aliphatic rings. The van der Waals surface area contributed by atoms with Crippen LogP contribution in [0.4, 0.5) is 4.39 Å². The third kappa shape index (κ3) is 2.34. The molecule has 140 valence electrons. The summed E-state index contributed by atoms with van der Waals surface area (Å²) in [5.41, 5.74) is 1.38. The van der Waals surface area contributed by atoms with E-state index in [2.05, 4.69) is 25.2 Å². The molecule has 0 aromatic rings. The van der Waals surface area contributed by atoms with Crippen LogP contribution in [0.25, 0.3) is 0 Å². The Labute approximate surface area is 151 Å². The molecule has 0 aromatic carbocycles. The molecule has 0 amide bonds. The van der Waals surface area contributed by atoms with E-state index in [1.807, 2.05) is 0 Å². The molecule has 0 radical (unpaired) electrons. The molecule has 0 unspecified atom stereocenters. The first-order valence-electron chi connectivity index (χ1n) is 10.7. The van der Waals surface area contributed by atoms with E-state index in [0.717, 1.165) is 36.3 Å². The highest BCUT2D eigenvalue weighted by Crippen LogP contribution is 2.65. The van der Waals surface area contributed by atoms with Gasteiger partial charge in [0.1, 0.15) is 6.17 Å². The average molecular weight is 348 g/mol. The Hall–Kier alpha value is -0.410. The Bertz CT molecular complexity index is 587. The molecule has 8 atom stereocenters. The number of halogens is 1. The van der Waals surface area contributed by atoms with E-state index in [1.165, 1.54) is 38.5 Å². The maximum Gasteiger partial charge on any atom is 0.147 e. The summed E-state index contributed by atoms with van der Waals surface area (Å²) in [5, 5.41) is 14.0. The van der Waals surface area contributed by atoms with E-state index in [0.29, 0.717) is 23.8 Å². The number of rotatable bonds is 2. The maximum absolute atomic E-state index is 14.7. The molecule has 0 aliphatic heterocycles. The molecule has 0 heterocycles. The van der Waals surface area contributed by atoms with Gasteiger partial charge in [0.25, 0.3) is 0 Å². The van der Waals surface area contributed by atoms with Crippen LogP contribution in [0.2, 0.25) is 0 Å². The fraction of sp³-hybridized carbons (Fsp3) is 0.909. The molecular weight excluding hydrogens is 313 g/mol. The van der Waals surface area contributed by atoms with Crippen molar-refractivity contribution in [2.24, 2.45) is 28.6 Å². The zero-order valence-electron chi connectivity index (χ0n) is 15.8. The van der Waals surface area contributed by atoms with Crippen molar-refractivity contribution in [2.45, 2.75) is 96.0 Å². The van der Waals surface area contributed by atoms with Crippen molar-refractivity contribution in [2.75, 3.05) is 0 Å². The second-order valence-electron chi connectivity index (χ2n) is 10.3. The van der Waals surface area contributed by atoms with Crippen molar-refractivity contribution in [3.8, 4) is 0 Å². The van der Waals surface area contributed by atoms with Crippen molar-refractivity contribution in [3.63, 3.8) is 0 Å². The quantitative estimate of drug-likeness (QED) is 0.727. The highest BCUT2D eigenvalue weighted by atomic mass is 19.1. The third-order valence-electron chi connectivity index (χ3n) is 9.13. The number of fused-ring (bicyclic) bond motifs is 5. The smallest absolute Gasteiger partial charge is 0.147 e. The summed E-state index contributed by atoms with van der Waals surface area (Å²) in [5.74, 6) is 2.14. The molecule has 3 heteroatoms. The molecule has 5 rings (SSSR count). The van der Waals surface area contributed by atoms with Crippen molar-refractivity contribution >= 4 is 0 Å². The van der Waals surface area contributed by atoms with Crippen LogP contribution >= 0.6 is 0 Å². The molecule has 2 N–H and O–H groups in total. The zero-order valence-corrected chi connectivity index (χ0v) is 15.8. The van der Waals surface area contributed by atoms with Crippen LogP contribution < -0.4 is 5.32 Å². The molecule has 0 aromatic heterocycles. The minimum Gasteiger partial charge on any atom is -0.390 e. The minimum absolute atomic E-state index is 0.00903. The summed E-state index contributed by atoms with van der Waals surface area (Å²) in [6, 6.07) is 1.49. The van der Waals surface area contributed by atoms with Gasteiger partial charge in [-0.3, -0.25) is 0 Å². The van der Waals surface area contributed by atoms with Gasteiger partial charge < -0.3 is 10.4 Å². The molecule has 0 spiro atoms. The topological polar surface area (TPSA) is 32.3 Å². The number of aliphatic hydroxyl groups excluding tert-OH is 1. The number of nitrogens with one attached hydrogen (secondary N) is 1. The monoisotopic (exact) mass is 347 g/mol. The summed E-state index contributed by atoms with van der Waals surface area (Å²) in [6.45, 7) is 4.86. The second-order valence-corrected chi connectivity index (χ2v) is 10.3. The predicted octanol–water partition coefficient (Wildman–Crippen LogP) is 4.38. The van der Waals surface area contributed by atoms with Crippen LogP contribution in [-0.4, -0.2) is 29.5 Å². The van der Waals surface area contributed by atoms with Crippen LogP contribution in [0.1, 0.15) is 71.6 Å². The number of alkyl halides is 1. The Morgan fingerprint density at radius 3 is 2.60 bits per heavy atom. The Kier molecular flexibility index (Phi) is 3.71. The van der Waals surface area contributed by atoms with E-state index in [-0.39, 0.29) is 5.41 Å². The minimum atomic E-state index is -1.12. The van der Waals surface area contributed by atoms with Gasteiger partial charge in [-0.2, -0.15) is 0 Å². The van der Waals surface area contributed by atoms with Crippen LogP contribution in [0.5, 0.6) is 0 Å². The van der Waals surface area contributed by atoms with Crippen molar-refractivity contribution < 1.29 is 9.50 Å². The van der Waals surface area contributed by atoms with E-state index in [9.17, 15) is 9.50 Å². The molecule has 0 saturated heterocycles. The van der Waals surface area contributed by atoms with Gasteiger partial charge in [0, 0.05) is 12.1 Å². The van der Waals surface area contributed by atoms with E-state index < -0.39 is 12.3 Å². The largest absolute Gasteiger partial charge is 0.390 e. The fourth-order valence-electron chi connectivity index (χ4n) is 7.48. The lowest BCUT2D eigenvalue weighted by atomic mass is 9.47. The van der Waals surface area contributed by atoms with E-state index in [1.54, 1.807) is 0 Å². The number of hydrogen-bond donors (Lipinski definition) is 2. The standard InChI is InChI=1S/C22H34FNO/c1-21-12-10-18(25)20(23)17(21)6-5-14-15-7-8-19(24-13-3-4-13)22(15,2)11-9-16(14)21/h6,13-16,18-20,24-25H,3-5,7-12H2,1-2H3/t14-,15-,16-,18-,19-,20+,21+,22-/m0/s1. The Morgan fingerprint density at radius 2 is 1.84 bits per heavy atom. The van der Waals surface area contributed by atoms with Gasteiger partial charge >= 0.3 is 0 Å². The van der Waals surface area contributed by atoms with Gasteiger partial charge in [-0.25, -0.2) is 4.39 Å². The number of allylic oxidation sites excluding steroid dienone is 1. The van der Waals surface area contributed by atoms with Gasteiger partial charge in [-0.1, -0.05) is 19.9 Å². The molecule has 4 saturated carbocycles. The van der Waals surface area contributed by atoms with Crippen LogP contribution in [0.15, 0.2) is 11.6 Å². The van der Waals surface area contributed by atoms with Crippen LogP contribution in [0.3, 0.4) is 0 Å². The Morgan fingerprint density at radius 1 is 1.04 bits per heavy atom. The summed E-state index contributed by atoms with van der Waals surface area (Å²) in [4.78, 5) is 0. The Balaban J connectivity index is 1.43. The van der Waals surface area contributed by atoms with Gasteiger partial charge in [0.2, 0.25) is 0 Å². The number of aliphatic hydroxyl groups is 1. The lowest BCUT2D eigenvalue weighted by Crippen LogP contribution is -2.55. The lowest BCUT2D eigenvalue weighted by Gasteiger charge is -2.58. The van der Waals surface area contributed by atoms with Gasteiger partial charge in [-0.15, -0.1) is 0 Å². The fourth-order valence-corrected chi connectivity index (χ4v) is 7.48. The normalized spacial score (nSPS) is 55.1. The molecular formula is C22H34FNO. The molecule has 2 nitrogen and oxygen atoms in total. The maximum atomic E-state index is 14.7. The van der Waals surface area contributed by atoms with Crippen molar-refractivity contribution in [3.05, 3.63) is 11.6 Å². The SMILES string of the molecule is C[C@]12CC[C@H]3[C@@H](CC=C4[C@@H](F)[C@@H](O)CC[C@@]43C)[C@@H]1CC[C@@H]2NC1CC1. The van der Waals surface area contributed by atoms with Gasteiger partial charge in [0.05, 0.1) is 6.10 Å². The number of hydrogen-bond acceptors (Lipinski definition) is 2. The zero-order chi connectivity index (χ0) is 17.4. The van der Waals surface area contributed by atoms with Gasteiger partial charge in [-0.05, 0) is 91.9 Å². The molecule has 4 fully saturated rings. The average Bonchev–Trinajstić information content (AvgIpc) is 3.34. The summed E-state index contributed by atoms with van der Waals surface area (Å²) >= 11 is 0. The second kappa shape index (κ2) is 5.55. The third-order valence-corrected chi connectivity index (χ3v) is 9.13. The summed E-state index contributed by atoms with van der Waals surface area (Å²) in [7, 11) is 0. The first-order chi connectivity index (χ1) is 11.9. The molecule has 25 heavy (non-hydrogen) atoms. The first kappa shape index (κ1) is 16.7. The van der Waals surface area contributed by atoms with E-state index >= 15 is 0 Å². The first-order valence-corrected chi connectivity index (χ1v) is 10.7. The van der Waals surface area contributed by atoms with Crippen molar-refractivity contribution in [1.82, 2.24) is 5.32 Å². The molecule has 0 bridgehead atoms. The highest BCUT2D eigenvalue weighted by Gasteiger charge is 2.60. The lowest BCUT2D eigenvalue weighted by molar-refractivity contribution is -0.0583. The summed E-state index contributed by atoms with van der Waals surface area (Å²) < 4.78 is 14.7. The van der Waals surface area contributed by atoms with E-state index in [4.69, 9.17) is 0 Å². The molecule has 5 aliphatic carbocycles. The highest BCUT2D eigenvalue weighted by molar-refractivity contribution is 5.29. The van der Waals surface area contributed by atoms with Gasteiger partial charge in [0.15, 0.2) is 0 Å². The predicted molar refractivity (Wildman–Crippen MR) is 97.9 cm³/mol.